The van der Waals surface area contributed by atoms with Gasteiger partial charge in [-0.05, 0) is 110 Å². The molecule has 31 heavy (non-hydrogen) atoms. The van der Waals surface area contributed by atoms with E-state index in [9.17, 15) is 5.11 Å². The molecule has 0 amide bonds. The van der Waals surface area contributed by atoms with Gasteiger partial charge in [0.25, 0.3) is 0 Å². The molecular weight excluding hydrogens is 396 g/mol. The topological polar surface area (TPSA) is 29.5 Å². The lowest BCUT2D eigenvalue weighted by Crippen LogP contribution is -2.67. The van der Waals surface area contributed by atoms with Gasteiger partial charge in [-0.2, -0.15) is 0 Å². The summed E-state index contributed by atoms with van der Waals surface area (Å²) >= 11 is 0. The van der Waals surface area contributed by atoms with E-state index in [1.54, 1.807) is 0 Å². The fourth-order valence-corrected chi connectivity index (χ4v) is 10.9. The summed E-state index contributed by atoms with van der Waals surface area (Å²) < 4.78 is 7.77. The monoisotopic (exact) mass is 448 g/mol. The number of rotatable bonds is 4. The summed E-state index contributed by atoms with van der Waals surface area (Å²) in [5.74, 6) is 3.39. The Labute approximate surface area is 194 Å². The Morgan fingerprint density at radius 1 is 0.903 bits per heavy atom. The first kappa shape index (κ1) is 24.3. The van der Waals surface area contributed by atoms with Crippen molar-refractivity contribution in [3.05, 3.63) is 0 Å². The third-order valence-electron chi connectivity index (χ3n) is 11.9. The van der Waals surface area contributed by atoms with Gasteiger partial charge in [-0.3, -0.25) is 0 Å². The zero-order valence-electron chi connectivity index (χ0n) is 22.0. The molecule has 0 bridgehead atoms. The van der Waals surface area contributed by atoms with Crippen molar-refractivity contribution >= 4 is 8.32 Å². The Morgan fingerprint density at radius 2 is 1.58 bits per heavy atom. The van der Waals surface area contributed by atoms with Crippen LogP contribution in [0.2, 0.25) is 18.1 Å². The van der Waals surface area contributed by atoms with E-state index in [1.165, 1.54) is 64.2 Å². The molecule has 3 heteroatoms. The van der Waals surface area contributed by atoms with Gasteiger partial charge in [-0.1, -0.05) is 54.4 Å². The molecule has 180 valence electrons. The molecule has 4 rings (SSSR count). The van der Waals surface area contributed by atoms with Crippen molar-refractivity contribution in [1.29, 1.82) is 0 Å². The van der Waals surface area contributed by atoms with Crippen LogP contribution in [-0.2, 0) is 4.43 Å². The van der Waals surface area contributed by atoms with Crippen molar-refractivity contribution in [2.24, 2.45) is 40.4 Å². The van der Waals surface area contributed by atoms with E-state index in [1.807, 2.05) is 0 Å². The fourth-order valence-electron chi connectivity index (χ4n) is 9.25. The van der Waals surface area contributed by atoms with Gasteiger partial charge in [0.2, 0.25) is 0 Å². The number of hydrogen-bond acceptors (Lipinski definition) is 2. The normalized spacial score (nSPS) is 46.7. The molecule has 4 aliphatic carbocycles. The lowest BCUT2D eigenvalue weighted by atomic mass is 9.42. The molecule has 0 spiro atoms. The maximum absolute atomic E-state index is 10.1. The summed E-state index contributed by atoms with van der Waals surface area (Å²) in [4.78, 5) is 0. The van der Waals surface area contributed by atoms with Crippen LogP contribution in [0.4, 0.5) is 0 Å². The van der Waals surface area contributed by atoms with E-state index in [2.05, 4.69) is 54.6 Å². The van der Waals surface area contributed by atoms with E-state index in [0.29, 0.717) is 35.2 Å². The molecule has 4 fully saturated rings. The molecule has 0 heterocycles. The summed E-state index contributed by atoms with van der Waals surface area (Å²) in [7, 11) is -1.90. The molecule has 4 aliphatic rings. The Hall–Kier alpha value is 0.137. The third kappa shape index (κ3) is 3.54. The van der Waals surface area contributed by atoms with Crippen molar-refractivity contribution in [2.75, 3.05) is 6.61 Å². The summed E-state index contributed by atoms with van der Waals surface area (Å²) in [5.41, 5.74) is 0.877. The van der Waals surface area contributed by atoms with Crippen LogP contribution < -0.4 is 0 Å². The minimum Gasteiger partial charge on any atom is -0.411 e. The van der Waals surface area contributed by atoms with E-state index in [4.69, 9.17) is 4.43 Å². The van der Waals surface area contributed by atoms with Gasteiger partial charge in [0, 0.05) is 6.61 Å². The third-order valence-corrected chi connectivity index (χ3v) is 16.4. The minimum atomic E-state index is -1.90. The maximum Gasteiger partial charge on any atom is 0.192 e. The lowest BCUT2D eigenvalue weighted by Gasteiger charge is -2.68. The van der Waals surface area contributed by atoms with Crippen LogP contribution in [0.25, 0.3) is 0 Å². The smallest absolute Gasteiger partial charge is 0.192 e. The second kappa shape index (κ2) is 7.84. The Kier molecular flexibility index (Phi) is 6.13. The first-order valence-corrected chi connectivity index (χ1v) is 16.5. The highest BCUT2D eigenvalue weighted by molar-refractivity contribution is 6.74. The molecular formula is C28H52O2Si. The second-order valence-electron chi connectivity index (χ2n) is 14.3. The predicted octanol–water partition coefficient (Wildman–Crippen LogP) is 7.81. The molecule has 0 aromatic carbocycles. The highest BCUT2D eigenvalue weighted by Gasteiger charge is 2.68. The number of aliphatic hydroxyl groups excluding tert-OH is 1. The molecule has 1 N–H and O–H groups in total. The highest BCUT2D eigenvalue weighted by atomic mass is 28.4. The molecule has 2 unspecified atom stereocenters. The van der Waals surface area contributed by atoms with Crippen LogP contribution in [0, 0.1) is 40.4 Å². The van der Waals surface area contributed by atoms with Crippen molar-refractivity contribution in [3.63, 3.8) is 0 Å². The average Bonchev–Trinajstić information content (AvgIpc) is 3.04. The summed E-state index contributed by atoms with van der Waals surface area (Å²) in [6.45, 7) is 20.2. The SMILES string of the molecule is CC(CO)[C@H]1CC[C@@H]2[C@]1(C)CC[C@H]1[C@@]2(O[Si](C)(C)C(C)(C)C)CCC2CCCC[C@@]21C. The number of hydrogen-bond donors (Lipinski definition) is 1. The molecule has 0 saturated heterocycles. The quantitative estimate of drug-likeness (QED) is 0.444. The van der Waals surface area contributed by atoms with E-state index < -0.39 is 8.32 Å². The van der Waals surface area contributed by atoms with Crippen LogP contribution in [-0.4, -0.2) is 25.6 Å². The summed E-state index contributed by atoms with van der Waals surface area (Å²) in [6, 6.07) is 0. The van der Waals surface area contributed by atoms with Crippen molar-refractivity contribution < 1.29 is 9.53 Å². The van der Waals surface area contributed by atoms with E-state index >= 15 is 0 Å². The minimum absolute atomic E-state index is 0.0719. The Bertz CT molecular complexity index is 668. The number of fused-ring (bicyclic) bond motifs is 5. The maximum atomic E-state index is 10.1. The fraction of sp³-hybridized carbons (Fsp3) is 1.00. The van der Waals surface area contributed by atoms with Crippen molar-refractivity contribution in [2.45, 2.75) is 129 Å². The van der Waals surface area contributed by atoms with Crippen LogP contribution in [0.5, 0.6) is 0 Å². The van der Waals surface area contributed by atoms with Crippen LogP contribution in [0.15, 0.2) is 0 Å². The van der Waals surface area contributed by atoms with Crippen LogP contribution >= 0.6 is 0 Å². The first-order chi connectivity index (χ1) is 14.3. The first-order valence-electron chi connectivity index (χ1n) is 13.6. The van der Waals surface area contributed by atoms with Crippen molar-refractivity contribution in [3.8, 4) is 0 Å². The predicted molar refractivity (Wildman–Crippen MR) is 134 cm³/mol. The molecule has 8 atom stereocenters. The van der Waals surface area contributed by atoms with E-state index in [0.717, 1.165) is 11.8 Å². The molecule has 0 aliphatic heterocycles. The molecule has 2 nitrogen and oxygen atoms in total. The van der Waals surface area contributed by atoms with Gasteiger partial charge in [0.15, 0.2) is 8.32 Å². The zero-order valence-corrected chi connectivity index (χ0v) is 23.0. The Balaban J connectivity index is 1.79. The molecule has 0 aromatic heterocycles. The lowest BCUT2D eigenvalue weighted by molar-refractivity contribution is -0.214. The Morgan fingerprint density at radius 3 is 2.23 bits per heavy atom. The average molecular weight is 449 g/mol. The molecule has 0 aromatic rings. The zero-order chi connectivity index (χ0) is 22.9. The van der Waals surface area contributed by atoms with E-state index in [-0.39, 0.29) is 10.6 Å². The highest BCUT2D eigenvalue weighted by Crippen LogP contribution is 2.71. The van der Waals surface area contributed by atoms with Crippen molar-refractivity contribution in [1.82, 2.24) is 0 Å². The molecule has 4 saturated carbocycles. The molecule has 0 radical (unpaired) electrons. The largest absolute Gasteiger partial charge is 0.411 e. The standard InChI is InChI=1S/C28H52O2Si/c1-20(19-29)22-12-13-23-27(22,6)17-15-24-26(5)16-10-9-11-21(26)14-18-28(23,24)30-31(7,8)25(2,3)4/h20-24,29H,9-19H2,1-8H3/t20?,21?,22-,23-,24-,26+,27-,28-/m1/s1. The van der Waals surface area contributed by atoms with Gasteiger partial charge >= 0.3 is 0 Å². The van der Waals surface area contributed by atoms with Crippen LogP contribution in [0.1, 0.15) is 106 Å². The second-order valence-corrected chi connectivity index (χ2v) is 19.0. The summed E-state index contributed by atoms with van der Waals surface area (Å²) in [6.07, 6.45) is 13.7. The van der Waals surface area contributed by atoms with Crippen LogP contribution in [0.3, 0.4) is 0 Å². The number of aliphatic hydroxyl groups is 1. The van der Waals surface area contributed by atoms with Gasteiger partial charge in [-0.15, -0.1) is 0 Å². The van der Waals surface area contributed by atoms with Gasteiger partial charge < -0.3 is 9.53 Å². The summed E-state index contributed by atoms with van der Waals surface area (Å²) in [5, 5.41) is 10.3. The van der Waals surface area contributed by atoms with Gasteiger partial charge in [0.05, 0.1) is 5.60 Å². The van der Waals surface area contributed by atoms with Gasteiger partial charge in [-0.25, -0.2) is 0 Å². The van der Waals surface area contributed by atoms with Gasteiger partial charge in [0.1, 0.15) is 0 Å².